The molecule has 12 nitrogen and oxygen atoms in total. The first-order valence-corrected chi connectivity index (χ1v) is 23.6. The Kier molecular flexibility index (Phi) is 34.5. The lowest BCUT2D eigenvalue weighted by Crippen LogP contribution is -2.60. The molecule has 4 N–H and O–H groups in total. The Morgan fingerprint density at radius 1 is 0.661 bits per heavy atom. The van der Waals surface area contributed by atoms with Crippen LogP contribution in [0.4, 0.5) is 0 Å². The monoisotopic (exact) mass is 855 g/mol. The summed E-state index contributed by atoms with van der Waals surface area (Å²) < 4.78 is 58.9. The van der Waals surface area contributed by atoms with Gasteiger partial charge in [0.2, 0.25) is 0 Å². The van der Waals surface area contributed by atoms with Crippen LogP contribution in [0.3, 0.4) is 0 Å². The molecule has 0 amide bonds. The molecule has 1 aliphatic rings. The van der Waals surface area contributed by atoms with Gasteiger partial charge >= 0.3 is 16.4 Å². The van der Waals surface area contributed by atoms with Gasteiger partial charge in [-0.2, -0.15) is 8.42 Å². The number of aliphatic hydroxyl groups is 3. The van der Waals surface area contributed by atoms with Crippen molar-refractivity contribution in [3.05, 3.63) is 72.9 Å². The van der Waals surface area contributed by atoms with Gasteiger partial charge in [-0.25, -0.2) is 4.18 Å². The van der Waals surface area contributed by atoms with Gasteiger partial charge in [-0.1, -0.05) is 138 Å². The van der Waals surface area contributed by atoms with Crippen LogP contribution in [-0.2, 0) is 38.3 Å². The first-order chi connectivity index (χ1) is 28.6. The van der Waals surface area contributed by atoms with E-state index in [2.05, 4.69) is 84.9 Å². The predicted octanol–water partition coefficient (Wildman–Crippen LogP) is 9.13. The second-order valence-corrected chi connectivity index (χ2v) is 15.9. The van der Waals surface area contributed by atoms with Crippen molar-refractivity contribution in [3.63, 3.8) is 0 Å². The van der Waals surface area contributed by atoms with Gasteiger partial charge in [0.25, 0.3) is 0 Å². The van der Waals surface area contributed by atoms with Gasteiger partial charge in [0.1, 0.15) is 30.5 Å². The summed E-state index contributed by atoms with van der Waals surface area (Å²) in [5.74, 6) is -0.460. The van der Waals surface area contributed by atoms with Crippen molar-refractivity contribution in [2.75, 3.05) is 26.4 Å². The van der Waals surface area contributed by atoms with E-state index < -0.39 is 59.8 Å². The standard InChI is InChI=1S/C46H78O12S/c1-3-5-7-9-11-13-15-17-19-20-21-23-25-27-29-31-33-35-42(48)56-40(39-55-46-44(50)45(58-59(51,52)53)43(49)41(37-47)57-46)38-54-36-34-32-30-28-26-24-22-18-16-14-12-10-8-6-4-2/h5,7,11,13,16-19,21,23,27,29,40-41,43-47,49-50H,3-4,6,8-10,12,14-15,20,22,24-26,28,30-39H2,1-2H3,(H,51,52,53)/b7-5-,13-11-,18-16-,19-17-,23-21-,29-27-. The topological polar surface area (TPSA) is 178 Å². The van der Waals surface area contributed by atoms with Crippen molar-refractivity contribution in [1.29, 1.82) is 0 Å². The fraction of sp³-hybridized carbons (Fsp3) is 0.717. The van der Waals surface area contributed by atoms with Gasteiger partial charge in [-0.15, -0.1) is 0 Å². The number of unbranched alkanes of at least 4 members (excludes halogenated alkanes) is 12. The molecule has 59 heavy (non-hydrogen) atoms. The van der Waals surface area contributed by atoms with Crippen molar-refractivity contribution in [2.24, 2.45) is 0 Å². The molecule has 0 aromatic carbocycles. The molecule has 0 aromatic rings. The molecule has 1 heterocycles. The van der Waals surface area contributed by atoms with Gasteiger partial charge in [-0.3, -0.25) is 9.35 Å². The number of rotatable bonds is 37. The Labute approximate surface area is 356 Å². The van der Waals surface area contributed by atoms with Crippen LogP contribution in [0.15, 0.2) is 72.9 Å². The number of allylic oxidation sites excluding steroid dienone is 12. The molecule has 0 aromatic heterocycles. The van der Waals surface area contributed by atoms with Crippen LogP contribution in [0.1, 0.15) is 149 Å². The summed E-state index contributed by atoms with van der Waals surface area (Å²) in [6, 6.07) is 0. The molecule has 0 aliphatic carbocycles. The molecule has 0 bridgehead atoms. The molecule has 1 aliphatic heterocycles. The molecule has 6 unspecified atom stereocenters. The minimum absolute atomic E-state index is 0.00522. The first-order valence-electron chi connectivity index (χ1n) is 22.2. The number of aliphatic hydroxyl groups excluding tert-OH is 3. The number of esters is 1. The lowest BCUT2D eigenvalue weighted by atomic mass is 9.99. The molecule has 0 spiro atoms. The number of hydrogen-bond acceptors (Lipinski definition) is 11. The zero-order chi connectivity index (χ0) is 43.2. The maximum Gasteiger partial charge on any atom is 0.397 e. The van der Waals surface area contributed by atoms with E-state index in [0.29, 0.717) is 19.4 Å². The molecule has 13 heteroatoms. The minimum Gasteiger partial charge on any atom is -0.457 e. The van der Waals surface area contributed by atoms with E-state index in [1.54, 1.807) is 0 Å². The van der Waals surface area contributed by atoms with Crippen LogP contribution in [0.2, 0.25) is 0 Å². The Morgan fingerprint density at radius 3 is 1.73 bits per heavy atom. The molecular weight excluding hydrogens is 777 g/mol. The normalized spacial score (nSPS) is 21.1. The quantitative estimate of drug-likeness (QED) is 0.0202. The average molecular weight is 855 g/mol. The fourth-order valence-electron chi connectivity index (χ4n) is 6.23. The summed E-state index contributed by atoms with van der Waals surface area (Å²) in [5, 5.41) is 30.6. The van der Waals surface area contributed by atoms with Crippen LogP contribution in [-0.4, -0.2) is 97.5 Å². The lowest BCUT2D eigenvalue weighted by molar-refractivity contribution is -0.301. The maximum atomic E-state index is 12.8. The molecule has 1 rings (SSSR count). The molecule has 6 atom stereocenters. The van der Waals surface area contributed by atoms with Crippen molar-refractivity contribution in [3.8, 4) is 0 Å². The van der Waals surface area contributed by atoms with E-state index in [-0.39, 0.29) is 19.6 Å². The summed E-state index contributed by atoms with van der Waals surface area (Å²) in [4.78, 5) is 12.8. The van der Waals surface area contributed by atoms with E-state index in [1.807, 2.05) is 6.08 Å². The Balaban J connectivity index is 2.50. The number of ether oxygens (including phenoxy) is 4. The molecule has 1 fully saturated rings. The fourth-order valence-corrected chi connectivity index (χ4v) is 6.74. The van der Waals surface area contributed by atoms with Crippen molar-refractivity contribution >= 4 is 16.4 Å². The van der Waals surface area contributed by atoms with Crippen LogP contribution >= 0.6 is 0 Å². The first kappa shape index (κ1) is 54.6. The third-order valence-corrected chi connectivity index (χ3v) is 10.0. The minimum atomic E-state index is -5.07. The predicted molar refractivity (Wildman–Crippen MR) is 234 cm³/mol. The highest BCUT2D eigenvalue weighted by Crippen LogP contribution is 2.26. The zero-order valence-electron chi connectivity index (χ0n) is 36.0. The smallest absolute Gasteiger partial charge is 0.397 e. The Bertz CT molecular complexity index is 1310. The second kappa shape index (κ2) is 37.3. The van der Waals surface area contributed by atoms with E-state index >= 15 is 0 Å². The molecule has 340 valence electrons. The molecule has 1 saturated heterocycles. The molecule has 0 radical (unpaired) electrons. The number of carbonyl (C=O) groups is 1. The van der Waals surface area contributed by atoms with Gasteiger partial charge < -0.3 is 34.3 Å². The highest BCUT2D eigenvalue weighted by atomic mass is 32.3. The molecule has 0 saturated carbocycles. The van der Waals surface area contributed by atoms with Crippen LogP contribution in [0.5, 0.6) is 0 Å². The summed E-state index contributed by atoms with van der Waals surface area (Å²) in [7, 11) is -5.07. The largest absolute Gasteiger partial charge is 0.457 e. The summed E-state index contributed by atoms with van der Waals surface area (Å²) in [6.07, 6.45) is 38.0. The van der Waals surface area contributed by atoms with E-state index in [1.165, 1.54) is 51.4 Å². The van der Waals surface area contributed by atoms with Gasteiger partial charge in [0, 0.05) is 13.0 Å². The summed E-state index contributed by atoms with van der Waals surface area (Å²) in [6.45, 7) is 3.76. The molecular formula is C46H78O12S. The SMILES string of the molecule is CC/C=C\C/C=C\C/C=C\C/C=C\C/C=C\CCCC(=O)OC(COCCCCCCCC/C=C\CCCCCCC)COC1OC(CO)C(O)C(OS(=O)(=O)O)C1O. The Morgan fingerprint density at radius 2 is 1.17 bits per heavy atom. The van der Waals surface area contributed by atoms with E-state index in [9.17, 15) is 28.5 Å². The zero-order valence-corrected chi connectivity index (χ0v) is 36.8. The maximum absolute atomic E-state index is 12.8. The van der Waals surface area contributed by atoms with Crippen molar-refractivity contribution < 1.29 is 56.2 Å². The third kappa shape index (κ3) is 31.1. The number of hydrogen-bond donors (Lipinski definition) is 4. The van der Waals surface area contributed by atoms with Crippen LogP contribution < -0.4 is 0 Å². The lowest BCUT2D eigenvalue weighted by Gasteiger charge is -2.41. The van der Waals surface area contributed by atoms with Crippen molar-refractivity contribution in [1.82, 2.24) is 0 Å². The summed E-state index contributed by atoms with van der Waals surface area (Å²) >= 11 is 0. The van der Waals surface area contributed by atoms with Crippen molar-refractivity contribution in [2.45, 2.75) is 185 Å². The van der Waals surface area contributed by atoms with Crippen LogP contribution in [0, 0.1) is 0 Å². The van der Waals surface area contributed by atoms with Gasteiger partial charge in [-0.05, 0) is 77.0 Å². The number of carbonyl (C=O) groups excluding carboxylic acids is 1. The highest BCUT2D eigenvalue weighted by molar-refractivity contribution is 7.80. The van der Waals surface area contributed by atoms with Gasteiger partial charge in [0.05, 0.1) is 19.8 Å². The third-order valence-electron chi connectivity index (χ3n) is 9.56. The second-order valence-electron chi connectivity index (χ2n) is 14.9. The highest BCUT2D eigenvalue weighted by Gasteiger charge is 2.48. The van der Waals surface area contributed by atoms with E-state index in [4.69, 9.17) is 23.5 Å². The van der Waals surface area contributed by atoms with Gasteiger partial charge in [0.15, 0.2) is 6.29 Å². The van der Waals surface area contributed by atoms with Crippen LogP contribution in [0.25, 0.3) is 0 Å². The average Bonchev–Trinajstić information content (AvgIpc) is 3.20. The van der Waals surface area contributed by atoms with E-state index in [0.717, 1.165) is 64.2 Å². The Hall–Kier alpha value is -2.46. The summed E-state index contributed by atoms with van der Waals surface area (Å²) in [5.41, 5.74) is 0.